The molecule has 32 heavy (non-hydrogen) atoms. The normalized spacial score (nSPS) is 17.8. The Labute approximate surface area is 190 Å². The highest BCUT2D eigenvalue weighted by atomic mass is 16.2. The van der Waals surface area contributed by atoms with Crippen LogP contribution in [-0.2, 0) is 0 Å². The van der Waals surface area contributed by atoms with Gasteiger partial charge >= 0.3 is 6.03 Å². The highest BCUT2D eigenvalue weighted by Gasteiger charge is 2.30. The molecular formula is C26H32N4O2. The van der Waals surface area contributed by atoms with Crippen LogP contribution < -0.4 is 4.90 Å². The lowest BCUT2D eigenvalue weighted by Crippen LogP contribution is -2.49. The van der Waals surface area contributed by atoms with Crippen LogP contribution in [0.1, 0.15) is 40.9 Å². The first-order valence-corrected chi connectivity index (χ1v) is 11.4. The second-order valence-corrected chi connectivity index (χ2v) is 9.23. The standard InChI is InChI=1S/C26H32N4O2/c1-18(2)16-30-17-23(21-7-5-6-8-22(21)25(30)31)27-26(32)29-13-11-28(12-14-29)24-10-9-19(3)15-20(24)4/h5-10,15,18H,11-14,16-17H2,1-4H3. The van der Waals surface area contributed by atoms with Gasteiger partial charge in [0, 0.05) is 49.5 Å². The van der Waals surface area contributed by atoms with Crippen molar-refractivity contribution in [3.05, 3.63) is 64.7 Å². The fourth-order valence-electron chi connectivity index (χ4n) is 4.60. The lowest BCUT2D eigenvalue weighted by molar-refractivity contribution is 0.0755. The van der Waals surface area contributed by atoms with Crippen LogP contribution in [0.25, 0.3) is 0 Å². The summed E-state index contributed by atoms with van der Waals surface area (Å²) >= 11 is 0. The number of aliphatic imine (C=N–C) groups is 1. The Bertz CT molecular complexity index is 1050. The van der Waals surface area contributed by atoms with Gasteiger partial charge in [0.15, 0.2) is 0 Å². The van der Waals surface area contributed by atoms with Crippen molar-refractivity contribution in [1.82, 2.24) is 9.80 Å². The molecule has 2 aromatic rings. The summed E-state index contributed by atoms with van der Waals surface area (Å²) in [5, 5.41) is 0. The largest absolute Gasteiger partial charge is 0.368 e. The zero-order valence-corrected chi connectivity index (χ0v) is 19.5. The molecule has 0 N–H and O–H groups in total. The number of rotatable bonds is 3. The molecule has 6 heteroatoms. The first-order chi connectivity index (χ1) is 15.3. The quantitative estimate of drug-likeness (QED) is 0.732. The number of aryl methyl sites for hydroxylation is 2. The first-order valence-electron chi connectivity index (χ1n) is 11.4. The van der Waals surface area contributed by atoms with E-state index in [2.05, 4.69) is 55.8 Å². The third kappa shape index (κ3) is 4.54. The fourth-order valence-corrected chi connectivity index (χ4v) is 4.60. The van der Waals surface area contributed by atoms with E-state index in [9.17, 15) is 9.59 Å². The molecule has 0 radical (unpaired) electrons. The van der Waals surface area contributed by atoms with Crippen LogP contribution in [-0.4, -0.2) is 66.7 Å². The summed E-state index contributed by atoms with van der Waals surface area (Å²) in [4.78, 5) is 36.4. The van der Waals surface area contributed by atoms with Gasteiger partial charge in [-0.25, -0.2) is 4.79 Å². The number of fused-ring (bicyclic) bond motifs is 1. The summed E-state index contributed by atoms with van der Waals surface area (Å²) in [6.07, 6.45) is 0. The Balaban J connectivity index is 1.49. The van der Waals surface area contributed by atoms with E-state index in [0.717, 1.165) is 18.7 Å². The van der Waals surface area contributed by atoms with Crippen molar-refractivity contribution in [1.29, 1.82) is 0 Å². The van der Waals surface area contributed by atoms with Crippen molar-refractivity contribution >= 4 is 23.3 Å². The summed E-state index contributed by atoms with van der Waals surface area (Å²) in [6.45, 7) is 12.3. The van der Waals surface area contributed by atoms with Gasteiger partial charge in [0.25, 0.3) is 5.91 Å². The molecule has 0 saturated carbocycles. The molecule has 1 saturated heterocycles. The van der Waals surface area contributed by atoms with Gasteiger partial charge in [-0.3, -0.25) is 4.79 Å². The predicted molar refractivity (Wildman–Crippen MR) is 129 cm³/mol. The molecule has 3 amide bonds. The number of hydrogen-bond acceptors (Lipinski definition) is 3. The molecular weight excluding hydrogens is 400 g/mol. The highest BCUT2D eigenvalue weighted by Crippen LogP contribution is 2.24. The van der Waals surface area contributed by atoms with Gasteiger partial charge in [-0.15, -0.1) is 0 Å². The SMILES string of the molecule is Cc1ccc(N2CCN(C(=O)N=C3CN(CC(C)C)C(=O)c4ccccc43)CC2)c(C)c1. The third-order valence-corrected chi connectivity index (χ3v) is 6.16. The second-order valence-electron chi connectivity index (χ2n) is 9.23. The number of nitrogens with zero attached hydrogens (tertiary/aromatic N) is 4. The molecule has 2 aromatic carbocycles. The lowest BCUT2D eigenvalue weighted by Gasteiger charge is -2.36. The van der Waals surface area contributed by atoms with E-state index in [-0.39, 0.29) is 11.9 Å². The van der Waals surface area contributed by atoms with Crippen molar-refractivity contribution in [2.45, 2.75) is 27.7 Å². The molecule has 1 fully saturated rings. The second kappa shape index (κ2) is 9.15. The van der Waals surface area contributed by atoms with Crippen molar-refractivity contribution in [3.63, 3.8) is 0 Å². The number of amides is 3. The number of carbonyl (C=O) groups is 2. The van der Waals surface area contributed by atoms with Crippen LogP contribution in [0.2, 0.25) is 0 Å². The average Bonchev–Trinajstić information content (AvgIpc) is 2.77. The molecule has 0 bridgehead atoms. The maximum absolute atomic E-state index is 13.1. The van der Waals surface area contributed by atoms with Crippen LogP contribution >= 0.6 is 0 Å². The Kier molecular flexibility index (Phi) is 6.31. The van der Waals surface area contributed by atoms with Crippen molar-refractivity contribution < 1.29 is 9.59 Å². The van der Waals surface area contributed by atoms with Gasteiger partial charge in [0.05, 0.1) is 12.3 Å². The maximum Gasteiger partial charge on any atom is 0.343 e. The molecule has 168 valence electrons. The topological polar surface area (TPSA) is 56.2 Å². The van der Waals surface area contributed by atoms with E-state index >= 15 is 0 Å². The lowest BCUT2D eigenvalue weighted by atomic mass is 9.96. The Morgan fingerprint density at radius 3 is 2.34 bits per heavy atom. The molecule has 0 aliphatic carbocycles. The molecule has 0 unspecified atom stereocenters. The zero-order chi connectivity index (χ0) is 22.8. The molecule has 6 nitrogen and oxygen atoms in total. The molecule has 0 atom stereocenters. The highest BCUT2D eigenvalue weighted by molar-refractivity contribution is 6.18. The smallest absolute Gasteiger partial charge is 0.343 e. The van der Waals surface area contributed by atoms with E-state index in [1.54, 1.807) is 4.90 Å². The van der Waals surface area contributed by atoms with Gasteiger partial charge in [-0.2, -0.15) is 4.99 Å². The van der Waals surface area contributed by atoms with Gasteiger partial charge in [0.2, 0.25) is 0 Å². The van der Waals surface area contributed by atoms with Crippen LogP contribution in [0.5, 0.6) is 0 Å². The van der Waals surface area contributed by atoms with Crippen LogP contribution in [0, 0.1) is 19.8 Å². The van der Waals surface area contributed by atoms with Crippen molar-refractivity contribution in [2.24, 2.45) is 10.9 Å². The summed E-state index contributed by atoms with van der Waals surface area (Å²) < 4.78 is 0. The minimum Gasteiger partial charge on any atom is -0.368 e. The Morgan fingerprint density at radius 1 is 1.00 bits per heavy atom. The molecule has 4 rings (SSSR count). The van der Waals surface area contributed by atoms with Gasteiger partial charge < -0.3 is 14.7 Å². The van der Waals surface area contributed by atoms with E-state index < -0.39 is 0 Å². The predicted octanol–water partition coefficient (Wildman–Crippen LogP) is 4.15. The van der Waals surface area contributed by atoms with Gasteiger partial charge in [0.1, 0.15) is 0 Å². The number of urea groups is 1. The average molecular weight is 433 g/mol. The number of piperazine rings is 1. The van der Waals surface area contributed by atoms with Crippen molar-refractivity contribution in [2.75, 3.05) is 44.2 Å². The minimum atomic E-state index is -0.214. The van der Waals surface area contributed by atoms with E-state index in [0.29, 0.717) is 43.4 Å². The number of carbonyl (C=O) groups excluding carboxylic acids is 2. The van der Waals surface area contributed by atoms with E-state index in [4.69, 9.17) is 0 Å². The van der Waals surface area contributed by atoms with Crippen molar-refractivity contribution in [3.8, 4) is 0 Å². The van der Waals surface area contributed by atoms with E-state index in [1.807, 2.05) is 29.2 Å². The Hall–Kier alpha value is -3.15. The van der Waals surface area contributed by atoms with Crippen LogP contribution in [0.3, 0.4) is 0 Å². The molecule has 0 aromatic heterocycles. The van der Waals surface area contributed by atoms with Gasteiger partial charge in [-0.05, 0) is 37.5 Å². The maximum atomic E-state index is 13.1. The molecule has 2 aliphatic rings. The zero-order valence-electron chi connectivity index (χ0n) is 19.5. The summed E-state index contributed by atoms with van der Waals surface area (Å²) in [7, 11) is 0. The summed E-state index contributed by atoms with van der Waals surface area (Å²) in [5.41, 5.74) is 5.85. The summed E-state index contributed by atoms with van der Waals surface area (Å²) in [6, 6.07) is 13.8. The summed E-state index contributed by atoms with van der Waals surface area (Å²) in [5.74, 6) is 0.363. The molecule has 0 spiro atoms. The van der Waals surface area contributed by atoms with Crippen LogP contribution in [0.15, 0.2) is 47.5 Å². The van der Waals surface area contributed by atoms with Gasteiger partial charge in [-0.1, -0.05) is 49.7 Å². The Morgan fingerprint density at radius 2 is 1.69 bits per heavy atom. The molecule has 2 aliphatic heterocycles. The number of benzene rings is 2. The van der Waals surface area contributed by atoms with E-state index in [1.165, 1.54) is 16.8 Å². The first kappa shape index (κ1) is 22.1. The number of hydrogen-bond donors (Lipinski definition) is 0. The fraction of sp³-hybridized carbons (Fsp3) is 0.423. The van der Waals surface area contributed by atoms with Crippen LogP contribution in [0.4, 0.5) is 10.5 Å². The monoisotopic (exact) mass is 432 g/mol. The minimum absolute atomic E-state index is 0.0165. The molecule has 2 heterocycles. The third-order valence-electron chi connectivity index (χ3n) is 6.16. The number of anilines is 1.